The van der Waals surface area contributed by atoms with Crippen molar-refractivity contribution in [1.29, 1.82) is 0 Å². The Bertz CT molecular complexity index is 1040. The normalized spacial score (nSPS) is 24.4. The summed E-state index contributed by atoms with van der Waals surface area (Å²) in [5.74, 6) is -0.509. The van der Waals surface area contributed by atoms with E-state index >= 15 is 0 Å². The molecule has 0 saturated carbocycles. The van der Waals surface area contributed by atoms with Crippen molar-refractivity contribution in [3.05, 3.63) is 114 Å². The Morgan fingerprint density at radius 2 is 1.06 bits per heavy atom. The topological polar surface area (TPSA) is 46.6 Å². The summed E-state index contributed by atoms with van der Waals surface area (Å²) in [5.41, 5.74) is 2.13. The van der Waals surface area contributed by atoms with Crippen LogP contribution in [-0.4, -0.2) is 29.9 Å². The van der Waals surface area contributed by atoms with Crippen LogP contribution < -0.4 is 4.74 Å². The van der Waals surface area contributed by atoms with Crippen LogP contribution in [0.15, 0.2) is 103 Å². The summed E-state index contributed by atoms with van der Waals surface area (Å²) in [6.07, 6.45) is 4.23. The summed E-state index contributed by atoms with van der Waals surface area (Å²) in [5, 5.41) is 0. The lowest BCUT2D eigenvalue weighted by atomic mass is 9.68. The number of imide groups is 1. The van der Waals surface area contributed by atoms with Crippen LogP contribution in [0.1, 0.15) is 23.0 Å². The SMILES string of the molecule is O=C1[C@H]2[C@H](C(=O)N1CCOc1ccccc1)[C@H](c1ccccc1)C=C[C@H]2c1ccccc1. The lowest BCUT2D eigenvalue weighted by Crippen LogP contribution is -2.35. The maximum atomic E-state index is 13.6. The number of carbonyl (C=O) groups is 2. The number of amides is 2. The molecule has 32 heavy (non-hydrogen) atoms. The van der Waals surface area contributed by atoms with Crippen molar-refractivity contribution in [3.8, 4) is 5.75 Å². The number of rotatable bonds is 6. The summed E-state index contributed by atoms with van der Waals surface area (Å²) in [6, 6.07) is 29.5. The number of allylic oxidation sites excluding steroid dienone is 2. The first kappa shape index (κ1) is 20.3. The highest BCUT2D eigenvalue weighted by atomic mass is 16.5. The second kappa shape index (κ2) is 8.83. The van der Waals surface area contributed by atoms with Gasteiger partial charge in [0.2, 0.25) is 11.8 Å². The van der Waals surface area contributed by atoms with E-state index in [4.69, 9.17) is 4.74 Å². The molecule has 0 unspecified atom stereocenters. The molecule has 5 rings (SSSR count). The van der Waals surface area contributed by atoms with Crippen molar-refractivity contribution in [2.45, 2.75) is 11.8 Å². The molecule has 1 heterocycles. The van der Waals surface area contributed by atoms with Crippen LogP contribution in [0.3, 0.4) is 0 Å². The third-order valence-electron chi connectivity index (χ3n) is 6.48. The van der Waals surface area contributed by atoms with E-state index in [9.17, 15) is 9.59 Å². The predicted octanol–water partition coefficient (Wildman–Crippen LogP) is 4.80. The second-order valence-electron chi connectivity index (χ2n) is 8.30. The van der Waals surface area contributed by atoms with Gasteiger partial charge in [0.05, 0.1) is 18.4 Å². The minimum absolute atomic E-state index is 0.101. The summed E-state index contributed by atoms with van der Waals surface area (Å²) in [7, 11) is 0. The average Bonchev–Trinajstić information content (AvgIpc) is 3.11. The third kappa shape index (κ3) is 3.73. The summed E-state index contributed by atoms with van der Waals surface area (Å²) >= 11 is 0. The van der Waals surface area contributed by atoms with Crippen molar-refractivity contribution in [2.24, 2.45) is 11.8 Å². The van der Waals surface area contributed by atoms with E-state index in [1.54, 1.807) is 0 Å². The number of fused-ring (bicyclic) bond motifs is 1. The molecule has 1 aliphatic carbocycles. The Kier molecular flexibility index (Phi) is 5.59. The molecular formula is C28H25NO3. The number of ether oxygens (including phenoxy) is 1. The van der Waals surface area contributed by atoms with Gasteiger partial charge < -0.3 is 4.74 Å². The molecule has 3 aromatic carbocycles. The number of carbonyl (C=O) groups excluding carboxylic acids is 2. The van der Waals surface area contributed by atoms with Gasteiger partial charge in [-0.25, -0.2) is 0 Å². The molecule has 4 heteroatoms. The zero-order valence-electron chi connectivity index (χ0n) is 17.7. The largest absolute Gasteiger partial charge is 0.492 e. The molecule has 0 bridgehead atoms. The highest BCUT2D eigenvalue weighted by molar-refractivity contribution is 6.06. The fourth-order valence-electron chi connectivity index (χ4n) is 4.99. The first-order valence-electron chi connectivity index (χ1n) is 11.1. The van der Waals surface area contributed by atoms with Crippen LogP contribution in [0.5, 0.6) is 5.75 Å². The fourth-order valence-corrected chi connectivity index (χ4v) is 4.99. The number of nitrogens with zero attached hydrogens (tertiary/aromatic N) is 1. The monoisotopic (exact) mass is 423 g/mol. The van der Waals surface area contributed by atoms with E-state index in [0.717, 1.165) is 16.9 Å². The smallest absolute Gasteiger partial charge is 0.234 e. The predicted molar refractivity (Wildman–Crippen MR) is 123 cm³/mol. The molecule has 0 aromatic heterocycles. The zero-order chi connectivity index (χ0) is 21.9. The molecule has 1 aliphatic heterocycles. The van der Waals surface area contributed by atoms with Crippen molar-refractivity contribution in [1.82, 2.24) is 4.90 Å². The Hall–Kier alpha value is -3.66. The van der Waals surface area contributed by atoms with E-state index in [1.807, 2.05) is 91.0 Å². The van der Waals surface area contributed by atoms with Crippen molar-refractivity contribution in [3.63, 3.8) is 0 Å². The average molecular weight is 424 g/mol. The van der Waals surface area contributed by atoms with Gasteiger partial charge in [0.1, 0.15) is 12.4 Å². The van der Waals surface area contributed by atoms with Gasteiger partial charge >= 0.3 is 0 Å². The van der Waals surface area contributed by atoms with Crippen LogP contribution in [0.2, 0.25) is 0 Å². The molecule has 1 saturated heterocycles. The van der Waals surface area contributed by atoms with Crippen LogP contribution in [0.25, 0.3) is 0 Å². The lowest BCUT2D eigenvalue weighted by Gasteiger charge is -2.32. The van der Waals surface area contributed by atoms with Crippen LogP contribution in [0, 0.1) is 11.8 Å². The van der Waals surface area contributed by atoms with Crippen molar-refractivity contribution >= 4 is 11.8 Å². The Labute approximate surface area is 188 Å². The molecular weight excluding hydrogens is 398 g/mol. The Morgan fingerprint density at radius 1 is 0.625 bits per heavy atom. The summed E-state index contributed by atoms with van der Waals surface area (Å²) in [4.78, 5) is 28.6. The minimum atomic E-state index is -0.406. The number of hydrogen-bond donors (Lipinski definition) is 0. The van der Waals surface area contributed by atoms with Gasteiger partial charge in [-0.3, -0.25) is 14.5 Å². The molecule has 1 fully saturated rings. The first-order chi connectivity index (χ1) is 15.7. The maximum Gasteiger partial charge on any atom is 0.234 e. The van der Waals surface area contributed by atoms with Gasteiger partial charge in [0, 0.05) is 11.8 Å². The molecule has 2 amide bonds. The molecule has 2 aliphatic rings. The van der Waals surface area contributed by atoms with E-state index in [-0.39, 0.29) is 36.8 Å². The third-order valence-corrected chi connectivity index (χ3v) is 6.48. The van der Waals surface area contributed by atoms with Crippen LogP contribution >= 0.6 is 0 Å². The zero-order valence-corrected chi connectivity index (χ0v) is 17.7. The molecule has 3 aromatic rings. The summed E-state index contributed by atoms with van der Waals surface area (Å²) in [6.45, 7) is 0.531. The highest BCUT2D eigenvalue weighted by Crippen LogP contribution is 2.49. The number of benzene rings is 3. The van der Waals surface area contributed by atoms with Gasteiger partial charge in [-0.1, -0.05) is 91.0 Å². The lowest BCUT2D eigenvalue weighted by molar-refractivity contribution is -0.140. The summed E-state index contributed by atoms with van der Waals surface area (Å²) < 4.78 is 5.78. The second-order valence-corrected chi connectivity index (χ2v) is 8.30. The molecule has 160 valence electrons. The Morgan fingerprint density at radius 3 is 1.53 bits per heavy atom. The molecule has 4 nitrogen and oxygen atoms in total. The van der Waals surface area contributed by atoms with Crippen LogP contribution in [-0.2, 0) is 9.59 Å². The molecule has 0 radical (unpaired) electrons. The number of para-hydroxylation sites is 1. The van der Waals surface area contributed by atoms with E-state index in [2.05, 4.69) is 12.2 Å². The maximum absolute atomic E-state index is 13.6. The number of hydrogen-bond acceptors (Lipinski definition) is 3. The first-order valence-corrected chi connectivity index (χ1v) is 11.1. The fraction of sp³-hybridized carbons (Fsp3) is 0.214. The standard InChI is InChI=1S/C28H25NO3/c30-27-25-23(20-10-4-1-5-11-20)16-17-24(21-12-6-2-7-13-21)26(25)28(31)29(27)18-19-32-22-14-8-3-9-15-22/h1-17,23-26H,18-19H2/t23-,24-,25+,26+/m0/s1. The van der Waals surface area contributed by atoms with Crippen LogP contribution in [0.4, 0.5) is 0 Å². The van der Waals surface area contributed by atoms with Crippen molar-refractivity contribution in [2.75, 3.05) is 13.2 Å². The molecule has 4 atom stereocenters. The molecule has 0 N–H and O–H groups in total. The Balaban J connectivity index is 1.44. The van der Waals surface area contributed by atoms with Gasteiger partial charge in [-0.2, -0.15) is 0 Å². The number of likely N-dealkylation sites (tertiary alicyclic amines) is 1. The van der Waals surface area contributed by atoms with E-state index < -0.39 is 11.8 Å². The van der Waals surface area contributed by atoms with Gasteiger partial charge in [-0.05, 0) is 23.3 Å². The van der Waals surface area contributed by atoms with Gasteiger partial charge in [-0.15, -0.1) is 0 Å². The van der Waals surface area contributed by atoms with E-state index in [1.165, 1.54) is 4.90 Å². The minimum Gasteiger partial charge on any atom is -0.492 e. The molecule has 0 spiro atoms. The van der Waals surface area contributed by atoms with Gasteiger partial charge in [0.25, 0.3) is 0 Å². The quantitative estimate of drug-likeness (QED) is 0.422. The van der Waals surface area contributed by atoms with Crippen molar-refractivity contribution < 1.29 is 14.3 Å². The van der Waals surface area contributed by atoms with Gasteiger partial charge in [0.15, 0.2) is 0 Å². The highest BCUT2D eigenvalue weighted by Gasteiger charge is 2.54. The van der Waals surface area contributed by atoms with E-state index in [0.29, 0.717) is 0 Å².